The van der Waals surface area contributed by atoms with Gasteiger partial charge in [-0.3, -0.25) is 5.26 Å². The van der Waals surface area contributed by atoms with Gasteiger partial charge in [0, 0.05) is 6.61 Å². The first-order valence-corrected chi connectivity index (χ1v) is 2.72. The van der Waals surface area contributed by atoms with Gasteiger partial charge >= 0.3 is 0 Å². The van der Waals surface area contributed by atoms with Crippen LogP contribution < -0.4 is 0 Å². The van der Waals surface area contributed by atoms with Gasteiger partial charge in [0.15, 0.2) is 0 Å². The predicted molar refractivity (Wildman–Crippen MR) is 29.5 cm³/mol. The Kier molecular flexibility index (Phi) is 4.95. The summed E-state index contributed by atoms with van der Waals surface area (Å²) in [5, 5.41) is 16.3. The van der Waals surface area contributed by atoms with E-state index in [1.165, 1.54) is 0 Å². The summed E-state index contributed by atoms with van der Waals surface area (Å²) in [6, 6.07) is 0. The molecule has 0 saturated heterocycles. The van der Waals surface area contributed by atoms with Crippen LogP contribution in [0.15, 0.2) is 0 Å². The lowest BCUT2D eigenvalue weighted by molar-refractivity contribution is -0.275. The SMILES string of the molecule is CC(CCCO)OO. The smallest absolute Gasteiger partial charge is 0.0900 e. The highest BCUT2D eigenvalue weighted by molar-refractivity contribution is 4.45. The molecule has 0 radical (unpaired) electrons. The number of rotatable bonds is 4. The minimum Gasteiger partial charge on any atom is -0.396 e. The number of aliphatic hydroxyl groups excluding tert-OH is 1. The molecule has 2 N–H and O–H groups in total. The van der Waals surface area contributed by atoms with Gasteiger partial charge in [-0.15, -0.1) is 0 Å². The zero-order valence-electron chi connectivity index (χ0n) is 5.00. The van der Waals surface area contributed by atoms with Crippen LogP contribution in [0.2, 0.25) is 0 Å². The van der Waals surface area contributed by atoms with E-state index >= 15 is 0 Å². The van der Waals surface area contributed by atoms with E-state index in [0.29, 0.717) is 12.8 Å². The molecule has 0 aromatic rings. The molecular weight excluding hydrogens is 108 g/mol. The Morgan fingerprint density at radius 2 is 2.25 bits per heavy atom. The van der Waals surface area contributed by atoms with Gasteiger partial charge in [0.1, 0.15) is 0 Å². The van der Waals surface area contributed by atoms with Crippen LogP contribution in [0.3, 0.4) is 0 Å². The third kappa shape index (κ3) is 4.05. The first kappa shape index (κ1) is 7.88. The molecule has 0 heterocycles. The molecule has 0 aromatic carbocycles. The quantitative estimate of drug-likeness (QED) is 0.422. The number of hydrogen-bond donors (Lipinski definition) is 2. The minimum absolute atomic E-state index is 0.151. The van der Waals surface area contributed by atoms with E-state index in [1.54, 1.807) is 6.92 Å². The van der Waals surface area contributed by atoms with Gasteiger partial charge in [0.2, 0.25) is 0 Å². The third-order valence-electron chi connectivity index (χ3n) is 0.949. The summed E-state index contributed by atoms with van der Waals surface area (Å²) >= 11 is 0. The Balaban J connectivity index is 2.86. The Hall–Kier alpha value is -0.120. The van der Waals surface area contributed by atoms with E-state index in [4.69, 9.17) is 10.4 Å². The van der Waals surface area contributed by atoms with Crippen molar-refractivity contribution in [3.63, 3.8) is 0 Å². The highest BCUT2D eigenvalue weighted by Crippen LogP contribution is 1.97. The van der Waals surface area contributed by atoms with Crippen molar-refractivity contribution in [1.29, 1.82) is 0 Å². The standard InChI is InChI=1S/C5H12O3/c1-5(8-7)3-2-4-6/h5-7H,2-4H2,1H3. The van der Waals surface area contributed by atoms with E-state index < -0.39 is 0 Å². The number of hydrogen-bond acceptors (Lipinski definition) is 3. The van der Waals surface area contributed by atoms with E-state index in [9.17, 15) is 0 Å². The van der Waals surface area contributed by atoms with Gasteiger partial charge in [0.25, 0.3) is 0 Å². The van der Waals surface area contributed by atoms with Crippen molar-refractivity contribution in [3.8, 4) is 0 Å². The van der Waals surface area contributed by atoms with Crippen LogP contribution in [0, 0.1) is 0 Å². The molecule has 0 amide bonds. The maximum atomic E-state index is 8.27. The highest BCUT2D eigenvalue weighted by atomic mass is 17.1. The first-order valence-electron chi connectivity index (χ1n) is 2.72. The van der Waals surface area contributed by atoms with Crippen molar-refractivity contribution in [2.24, 2.45) is 0 Å². The Morgan fingerprint density at radius 3 is 2.62 bits per heavy atom. The topological polar surface area (TPSA) is 49.7 Å². The fraction of sp³-hybridized carbons (Fsp3) is 1.00. The van der Waals surface area contributed by atoms with Crippen LogP contribution in [0.5, 0.6) is 0 Å². The highest BCUT2D eigenvalue weighted by Gasteiger charge is 1.97. The van der Waals surface area contributed by atoms with Gasteiger partial charge in [-0.05, 0) is 19.8 Å². The van der Waals surface area contributed by atoms with Crippen molar-refractivity contribution in [1.82, 2.24) is 0 Å². The molecule has 3 nitrogen and oxygen atoms in total. The zero-order chi connectivity index (χ0) is 6.41. The molecule has 0 aromatic heterocycles. The Labute approximate surface area is 48.8 Å². The average Bonchev–Trinajstić information content (AvgIpc) is 1.83. The summed E-state index contributed by atoms with van der Waals surface area (Å²) in [5.41, 5.74) is 0. The van der Waals surface area contributed by atoms with E-state index in [-0.39, 0.29) is 12.7 Å². The van der Waals surface area contributed by atoms with Gasteiger partial charge in [0.05, 0.1) is 6.10 Å². The normalized spacial score (nSPS) is 13.9. The third-order valence-corrected chi connectivity index (χ3v) is 0.949. The monoisotopic (exact) mass is 120 g/mol. The Bertz CT molecular complexity index is 46.9. The second-order valence-electron chi connectivity index (χ2n) is 1.78. The molecule has 0 fully saturated rings. The molecule has 1 atom stereocenters. The lowest BCUT2D eigenvalue weighted by atomic mass is 10.2. The fourth-order valence-electron chi connectivity index (χ4n) is 0.431. The molecule has 1 unspecified atom stereocenters. The summed E-state index contributed by atoms with van der Waals surface area (Å²) in [7, 11) is 0. The first-order chi connectivity index (χ1) is 3.81. The predicted octanol–water partition coefficient (Wildman–Crippen LogP) is 0.637. The Morgan fingerprint density at radius 1 is 1.62 bits per heavy atom. The number of aliphatic hydroxyl groups is 1. The van der Waals surface area contributed by atoms with Gasteiger partial charge in [-0.1, -0.05) is 0 Å². The molecule has 3 heteroatoms. The summed E-state index contributed by atoms with van der Waals surface area (Å²) < 4.78 is 0. The maximum absolute atomic E-state index is 8.27. The van der Waals surface area contributed by atoms with Crippen molar-refractivity contribution in [3.05, 3.63) is 0 Å². The van der Waals surface area contributed by atoms with Gasteiger partial charge < -0.3 is 5.11 Å². The van der Waals surface area contributed by atoms with Crippen LogP contribution in [0.1, 0.15) is 19.8 Å². The lowest BCUT2D eigenvalue weighted by Gasteiger charge is -2.03. The molecule has 0 spiro atoms. The summed E-state index contributed by atoms with van der Waals surface area (Å²) in [6.45, 7) is 1.91. The summed E-state index contributed by atoms with van der Waals surface area (Å²) in [5.74, 6) is 0. The van der Waals surface area contributed by atoms with E-state index in [1.807, 2.05) is 0 Å². The van der Waals surface area contributed by atoms with Crippen LogP contribution in [-0.2, 0) is 4.89 Å². The largest absolute Gasteiger partial charge is 0.396 e. The molecule has 0 aliphatic carbocycles. The van der Waals surface area contributed by atoms with Crippen LogP contribution in [0.25, 0.3) is 0 Å². The van der Waals surface area contributed by atoms with E-state index in [0.717, 1.165) is 0 Å². The van der Waals surface area contributed by atoms with Gasteiger partial charge in [-0.25, -0.2) is 4.89 Å². The van der Waals surface area contributed by atoms with E-state index in [2.05, 4.69) is 4.89 Å². The van der Waals surface area contributed by atoms with Crippen molar-refractivity contribution < 1.29 is 15.3 Å². The second-order valence-corrected chi connectivity index (χ2v) is 1.78. The molecule has 0 saturated carbocycles. The van der Waals surface area contributed by atoms with Crippen LogP contribution in [-0.4, -0.2) is 23.1 Å². The molecule has 50 valence electrons. The lowest BCUT2D eigenvalue weighted by Crippen LogP contribution is -2.05. The second kappa shape index (κ2) is 5.03. The summed E-state index contributed by atoms with van der Waals surface area (Å²) in [4.78, 5) is 3.94. The van der Waals surface area contributed by atoms with Crippen LogP contribution in [0.4, 0.5) is 0 Å². The molecule has 8 heavy (non-hydrogen) atoms. The maximum Gasteiger partial charge on any atom is 0.0900 e. The van der Waals surface area contributed by atoms with Crippen LogP contribution >= 0.6 is 0 Å². The molecule has 0 aliphatic heterocycles. The van der Waals surface area contributed by atoms with Crippen molar-refractivity contribution >= 4 is 0 Å². The van der Waals surface area contributed by atoms with Gasteiger partial charge in [-0.2, -0.15) is 0 Å². The average molecular weight is 120 g/mol. The molecule has 0 bridgehead atoms. The van der Waals surface area contributed by atoms with Crippen molar-refractivity contribution in [2.75, 3.05) is 6.61 Å². The molecule has 0 aliphatic rings. The molecular formula is C5H12O3. The summed E-state index contributed by atoms with van der Waals surface area (Å²) in [6.07, 6.45) is 1.23. The molecule has 0 rings (SSSR count). The minimum atomic E-state index is -0.151. The van der Waals surface area contributed by atoms with Crippen molar-refractivity contribution in [2.45, 2.75) is 25.9 Å². The zero-order valence-corrected chi connectivity index (χ0v) is 5.00. The fourth-order valence-corrected chi connectivity index (χ4v) is 0.431.